The van der Waals surface area contributed by atoms with Gasteiger partial charge in [0, 0.05) is 24.7 Å². The van der Waals surface area contributed by atoms with Crippen molar-refractivity contribution in [2.45, 2.75) is 18.9 Å². The Morgan fingerprint density at radius 3 is 2.65 bits per heavy atom. The van der Waals surface area contributed by atoms with E-state index in [2.05, 4.69) is 15.6 Å². The fraction of sp³-hybridized carbons (Fsp3) is 0.273. The van der Waals surface area contributed by atoms with E-state index < -0.39 is 0 Å². The lowest BCUT2D eigenvalue weighted by Gasteiger charge is -2.31. The number of hydrogen-bond acceptors (Lipinski definition) is 5. The first-order chi connectivity index (χ1) is 15.0. The number of carbonyl (C=O) groups excluding carboxylic acids is 2. The SMILES string of the molecule is COc1cccc(C(=O)NC2CCN(C(=O)c3cn(-c4cccc(F)c4)nn3)CC2)c1. The summed E-state index contributed by atoms with van der Waals surface area (Å²) < 4.78 is 19.9. The number of piperidine rings is 1. The first-order valence-electron chi connectivity index (χ1n) is 9.96. The summed E-state index contributed by atoms with van der Waals surface area (Å²) in [6.45, 7) is 0.990. The van der Waals surface area contributed by atoms with Crippen LogP contribution in [0.15, 0.2) is 54.7 Å². The van der Waals surface area contributed by atoms with Crippen LogP contribution in [-0.2, 0) is 0 Å². The van der Waals surface area contributed by atoms with Gasteiger partial charge in [-0.2, -0.15) is 0 Å². The van der Waals surface area contributed by atoms with Crippen molar-refractivity contribution in [3.8, 4) is 11.4 Å². The maximum Gasteiger partial charge on any atom is 0.276 e. The highest BCUT2D eigenvalue weighted by atomic mass is 19.1. The number of halogens is 1. The number of rotatable bonds is 5. The average molecular weight is 423 g/mol. The van der Waals surface area contributed by atoms with E-state index in [1.54, 1.807) is 48.4 Å². The molecule has 2 amide bonds. The Balaban J connectivity index is 1.33. The van der Waals surface area contributed by atoms with Crippen molar-refractivity contribution in [3.05, 3.63) is 71.8 Å². The number of carbonyl (C=O) groups is 2. The zero-order valence-electron chi connectivity index (χ0n) is 17.0. The maximum absolute atomic E-state index is 13.4. The van der Waals surface area contributed by atoms with Gasteiger partial charge >= 0.3 is 0 Å². The molecule has 0 saturated carbocycles. The molecule has 3 aromatic rings. The van der Waals surface area contributed by atoms with Crippen LogP contribution >= 0.6 is 0 Å². The van der Waals surface area contributed by atoms with Crippen LogP contribution in [0.3, 0.4) is 0 Å². The van der Waals surface area contributed by atoms with Gasteiger partial charge in [0.1, 0.15) is 11.6 Å². The fourth-order valence-corrected chi connectivity index (χ4v) is 3.53. The lowest BCUT2D eigenvalue weighted by molar-refractivity contribution is 0.0692. The topological polar surface area (TPSA) is 89.4 Å². The number of nitrogens with one attached hydrogen (secondary N) is 1. The monoisotopic (exact) mass is 423 g/mol. The van der Waals surface area contributed by atoms with Gasteiger partial charge in [0.25, 0.3) is 11.8 Å². The molecule has 2 heterocycles. The van der Waals surface area contributed by atoms with E-state index in [-0.39, 0.29) is 29.4 Å². The third-order valence-corrected chi connectivity index (χ3v) is 5.23. The highest BCUT2D eigenvalue weighted by Gasteiger charge is 2.26. The predicted molar refractivity (Wildman–Crippen MR) is 111 cm³/mol. The summed E-state index contributed by atoms with van der Waals surface area (Å²) in [6, 6.07) is 12.9. The first-order valence-corrected chi connectivity index (χ1v) is 9.96. The summed E-state index contributed by atoms with van der Waals surface area (Å²) in [5.74, 6) is -0.166. The minimum atomic E-state index is -0.390. The molecule has 1 saturated heterocycles. The van der Waals surface area contributed by atoms with E-state index in [0.717, 1.165) is 0 Å². The third-order valence-electron chi connectivity index (χ3n) is 5.23. The van der Waals surface area contributed by atoms with Gasteiger partial charge in [0.2, 0.25) is 0 Å². The minimum Gasteiger partial charge on any atom is -0.497 e. The highest BCUT2D eigenvalue weighted by molar-refractivity contribution is 5.95. The van der Waals surface area contributed by atoms with Gasteiger partial charge in [-0.1, -0.05) is 17.3 Å². The summed E-state index contributed by atoms with van der Waals surface area (Å²) in [6.07, 6.45) is 2.77. The summed E-state index contributed by atoms with van der Waals surface area (Å²) in [5, 5.41) is 10.9. The largest absolute Gasteiger partial charge is 0.497 e. The Kier molecular flexibility index (Phi) is 5.92. The third kappa shape index (κ3) is 4.71. The van der Waals surface area contributed by atoms with Crippen molar-refractivity contribution in [2.24, 2.45) is 0 Å². The van der Waals surface area contributed by atoms with Crippen LogP contribution in [0.25, 0.3) is 5.69 Å². The summed E-state index contributed by atoms with van der Waals surface area (Å²) >= 11 is 0. The molecule has 8 nitrogen and oxygen atoms in total. The number of aromatic nitrogens is 3. The average Bonchev–Trinajstić information content (AvgIpc) is 3.29. The Bertz CT molecular complexity index is 1090. The van der Waals surface area contributed by atoms with Crippen molar-refractivity contribution < 1.29 is 18.7 Å². The zero-order valence-corrected chi connectivity index (χ0v) is 17.0. The van der Waals surface area contributed by atoms with Gasteiger partial charge in [-0.15, -0.1) is 5.10 Å². The Labute approximate surface area is 178 Å². The standard InChI is InChI=1S/C22H22FN5O3/c1-31-19-7-2-4-15(12-19)21(29)24-17-8-10-27(11-9-17)22(30)20-14-28(26-25-20)18-6-3-5-16(23)13-18/h2-7,12-14,17H,8-11H2,1H3,(H,24,29). The van der Waals surface area contributed by atoms with Crippen LogP contribution in [0.4, 0.5) is 4.39 Å². The molecule has 31 heavy (non-hydrogen) atoms. The minimum absolute atomic E-state index is 0.0225. The van der Waals surface area contributed by atoms with Crippen LogP contribution in [0.5, 0.6) is 5.75 Å². The van der Waals surface area contributed by atoms with Gasteiger partial charge in [0.15, 0.2) is 5.69 Å². The molecular weight excluding hydrogens is 401 g/mol. The molecule has 1 aromatic heterocycles. The molecule has 0 atom stereocenters. The van der Waals surface area contributed by atoms with Crippen molar-refractivity contribution in [2.75, 3.05) is 20.2 Å². The van der Waals surface area contributed by atoms with Crippen molar-refractivity contribution >= 4 is 11.8 Å². The van der Waals surface area contributed by atoms with Gasteiger partial charge in [-0.25, -0.2) is 9.07 Å². The molecule has 0 unspecified atom stereocenters. The van der Waals surface area contributed by atoms with Crippen molar-refractivity contribution in [1.82, 2.24) is 25.2 Å². The lowest BCUT2D eigenvalue weighted by Crippen LogP contribution is -2.46. The zero-order chi connectivity index (χ0) is 21.8. The van der Waals surface area contributed by atoms with E-state index in [4.69, 9.17) is 4.74 Å². The second kappa shape index (κ2) is 8.95. The first kappa shape index (κ1) is 20.5. The smallest absolute Gasteiger partial charge is 0.276 e. The predicted octanol–water partition coefficient (Wildman–Crippen LogP) is 2.45. The van der Waals surface area contributed by atoms with Crippen LogP contribution in [-0.4, -0.2) is 57.9 Å². The second-order valence-electron chi connectivity index (χ2n) is 7.30. The van der Waals surface area contributed by atoms with Crippen LogP contribution < -0.4 is 10.1 Å². The summed E-state index contributed by atoms with van der Waals surface area (Å²) in [7, 11) is 1.56. The molecule has 160 valence electrons. The number of likely N-dealkylation sites (tertiary alicyclic amines) is 1. The number of hydrogen-bond donors (Lipinski definition) is 1. The maximum atomic E-state index is 13.4. The van der Waals surface area contributed by atoms with Gasteiger partial charge in [-0.3, -0.25) is 9.59 Å². The van der Waals surface area contributed by atoms with E-state index in [0.29, 0.717) is 42.9 Å². The molecular formula is C22H22FN5O3. The lowest BCUT2D eigenvalue weighted by atomic mass is 10.0. The number of methoxy groups -OCH3 is 1. The van der Waals surface area contributed by atoms with E-state index in [9.17, 15) is 14.0 Å². The van der Waals surface area contributed by atoms with Gasteiger partial charge in [-0.05, 0) is 49.2 Å². The van der Waals surface area contributed by atoms with Crippen molar-refractivity contribution in [3.63, 3.8) is 0 Å². The second-order valence-corrected chi connectivity index (χ2v) is 7.30. The Hall–Kier alpha value is -3.75. The van der Waals surface area contributed by atoms with Crippen LogP contribution in [0.1, 0.15) is 33.7 Å². The molecule has 1 N–H and O–H groups in total. The molecule has 0 spiro atoms. The molecule has 9 heteroatoms. The van der Waals surface area contributed by atoms with Crippen LogP contribution in [0.2, 0.25) is 0 Å². The summed E-state index contributed by atoms with van der Waals surface area (Å²) in [4.78, 5) is 26.9. The number of amides is 2. The van der Waals surface area contributed by atoms with Crippen LogP contribution in [0, 0.1) is 5.82 Å². The van der Waals surface area contributed by atoms with E-state index in [1.165, 1.54) is 23.0 Å². The number of nitrogens with zero attached hydrogens (tertiary/aromatic N) is 4. The molecule has 2 aromatic carbocycles. The molecule has 1 aliphatic rings. The summed E-state index contributed by atoms with van der Waals surface area (Å²) in [5.41, 5.74) is 1.22. The Morgan fingerprint density at radius 1 is 1.13 bits per heavy atom. The Morgan fingerprint density at radius 2 is 1.90 bits per heavy atom. The number of benzene rings is 2. The van der Waals surface area contributed by atoms with E-state index >= 15 is 0 Å². The molecule has 1 aliphatic heterocycles. The quantitative estimate of drug-likeness (QED) is 0.681. The normalized spacial score (nSPS) is 14.3. The van der Waals surface area contributed by atoms with E-state index in [1.807, 2.05) is 0 Å². The fourth-order valence-electron chi connectivity index (χ4n) is 3.53. The molecule has 4 rings (SSSR count). The van der Waals surface area contributed by atoms with Gasteiger partial charge in [0.05, 0.1) is 19.0 Å². The van der Waals surface area contributed by atoms with Gasteiger partial charge < -0.3 is 15.0 Å². The highest BCUT2D eigenvalue weighted by Crippen LogP contribution is 2.17. The number of ether oxygens (including phenoxy) is 1. The molecule has 0 aliphatic carbocycles. The molecule has 1 fully saturated rings. The van der Waals surface area contributed by atoms with Crippen molar-refractivity contribution in [1.29, 1.82) is 0 Å². The molecule has 0 radical (unpaired) electrons. The molecule has 0 bridgehead atoms.